The Morgan fingerprint density at radius 1 is 1.25 bits per heavy atom. The van der Waals surface area contributed by atoms with E-state index in [1.54, 1.807) is 11.0 Å². The molecule has 1 aromatic heterocycles. The van der Waals surface area contributed by atoms with E-state index < -0.39 is 5.60 Å². The summed E-state index contributed by atoms with van der Waals surface area (Å²) in [6.45, 7) is 8.85. The maximum Gasteiger partial charge on any atom is 0.410 e. The second-order valence-electron chi connectivity index (χ2n) is 10.6. The topological polar surface area (TPSA) is 75.2 Å². The minimum atomic E-state index is -0.564. The Morgan fingerprint density at radius 3 is 2.69 bits per heavy atom. The van der Waals surface area contributed by atoms with Gasteiger partial charge in [-0.1, -0.05) is 18.0 Å². The van der Waals surface area contributed by atoms with E-state index in [0.29, 0.717) is 53.9 Å². The van der Waals surface area contributed by atoms with Crippen molar-refractivity contribution in [3.63, 3.8) is 0 Å². The van der Waals surface area contributed by atoms with E-state index in [-0.39, 0.29) is 18.0 Å². The standard InChI is InChI=1S/C23H31ClN4O4/c1-22(2,3)32-21(30)26-9-10-28-15(12-26)13-31-16-11-17(24)25-19(18(16)20(28)29)27-8-7-23(14-27)5-4-6-23/h11,15H,4-10,12-14H2,1-3H3/t15-/m1/s1. The van der Waals surface area contributed by atoms with Crippen LogP contribution in [0.5, 0.6) is 5.75 Å². The molecule has 174 valence electrons. The molecule has 0 radical (unpaired) electrons. The molecule has 1 aromatic rings. The van der Waals surface area contributed by atoms with E-state index in [1.807, 2.05) is 25.7 Å². The zero-order valence-electron chi connectivity index (χ0n) is 19.0. The molecule has 8 nitrogen and oxygen atoms in total. The molecule has 9 heteroatoms. The van der Waals surface area contributed by atoms with Gasteiger partial charge < -0.3 is 24.2 Å². The molecule has 1 spiro atoms. The Hall–Kier alpha value is -2.22. The Labute approximate surface area is 193 Å². The average Bonchev–Trinajstić information content (AvgIpc) is 3.11. The molecule has 0 bridgehead atoms. The lowest BCUT2D eigenvalue weighted by Gasteiger charge is -2.40. The fraction of sp³-hybridized carbons (Fsp3) is 0.696. The number of pyridine rings is 1. The highest BCUT2D eigenvalue weighted by Gasteiger charge is 2.45. The molecule has 3 fully saturated rings. The van der Waals surface area contributed by atoms with Crippen LogP contribution in [-0.2, 0) is 4.74 Å². The van der Waals surface area contributed by atoms with Crippen LogP contribution in [-0.4, -0.2) is 77.8 Å². The molecule has 4 heterocycles. The highest BCUT2D eigenvalue weighted by atomic mass is 35.5. The molecule has 3 aliphatic heterocycles. The van der Waals surface area contributed by atoms with E-state index in [2.05, 4.69) is 9.88 Å². The second kappa shape index (κ2) is 7.68. The SMILES string of the molecule is CC(C)(C)OC(=O)N1CCN2C(=O)c3c(cc(Cl)nc3N3CCC4(CCC4)C3)OC[C@H]2C1. The van der Waals surface area contributed by atoms with E-state index in [9.17, 15) is 9.59 Å². The number of ether oxygens (including phenoxy) is 2. The Kier molecular flexibility index (Phi) is 5.19. The highest BCUT2D eigenvalue weighted by molar-refractivity contribution is 6.30. The van der Waals surface area contributed by atoms with Crippen molar-refractivity contribution in [1.29, 1.82) is 0 Å². The zero-order chi connectivity index (χ0) is 22.7. The van der Waals surface area contributed by atoms with Gasteiger partial charge in [-0.05, 0) is 45.4 Å². The van der Waals surface area contributed by atoms with Gasteiger partial charge in [0, 0.05) is 38.8 Å². The molecule has 0 N–H and O–H groups in total. The molecule has 1 aliphatic carbocycles. The Bertz CT molecular complexity index is 943. The highest BCUT2D eigenvalue weighted by Crippen LogP contribution is 2.49. The van der Waals surface area contributed by atoms with Crippen LogP contribution in [0.1, 0.15) is 56.8 Å². The van der Waals surface area contributed by atoms with Crippen molar-refractivity contribution in [2.24, 2.45) is 5.41 Å². The van der Waals surface area contributed by atoms with E-state index >= 15 is 0 Å². The number of aromatic nitrogens is 1. The first-order chi connectivity index (χ1) is 15.1. The van der Waals surface area contributed by atoms with Crippen LogP contribution in [0.15, 0.2) is 6.07 Å². The number of carbonyl (C=O) groups excluding carboxylic acids is 2. The molecular formula is C23H31ClN4O4. The van der Waals surface area contributed by atoms with Gasteiger partial charge in [-0.2, -0.15) is 0 Å². The van der Waals surface area contributed by atoms with Crippen LogP contribution in [0.25, 0.3) is 0 Å². The summed E-state index contributed by atoms with van der Waals surface area (Å²) >= 11 is 6.35. The normalized spacial score (nSPS) is 24.4. The molecule has 2 amide bonds. The number of halogens is 1. The molecule has 5 rings (SSSR count). The van der Waals surface area contributed by atoms with Gasteiger partial charge in [0.1, 0.15) is 34.5 Å². The number of rotatable bonds is 1. The van der Waals surface area contributed by atoms with Gasteiger partial charge >= 0.3 is 6.09 Å². The maximum absolute atomic E-state index is 13.7. The largest absolute Gasteiger partial charge is 0.490 e. The number of nitrogens with zero attached hydrogens (tertiary/aromatic N) is 4. The van der Waals surface area contributed by atoms with E-state index in [4.69, 9.17) is 21.1 Å². The van der Waals surface area contributed by atoms with Gasteiger partial charge in [0.2, 0.25) is 0 Å². The quantitative estimate of drug-likeness (QED) is 0.594. The summed E-state index contributed by atoms with van der Waals surface area (Å²) in [7, 11) is 0. The smallest absolute Gasteiger partial charge is 0.410 e. The summed E-state index contributed by atoms with van der Waals surface area (Å²) in [5.74, 6) is 1.02. The summed E-state index contributed by atoms with van der Waals surface area (Å²) in [6, 6.07) is 1.39. The fourth-order valence-electron chi connectivity index (χ4n) is 5.31. The average molecular weight is 463 g/mol. The molecule has 32 heavy (non-hydrogen) atoms. The molecule has 4 aliphatic rings. The first-order valence-corrected chi connectivity index (χ1v) is 11.9. The third kappa shape index (κ3) is 3.87. The van der Waals surface area contributed by atoms with Gasteiger partial charge in [0.15, 0.2) is 0 Å². The fourth-order valence-corrected chi connectivity index (χ4v) is 5.49. The third-order valence-corrected chi connectivity index (χ3v) is 7.32. The van der Waals surface area contributed by atoms with Crippen LogP contribution in [0.2, 0.25) is 5.15 Å². The van der Waals surface area contributed by atoms with Crippen molar-refractivity contribution in [1.82, 2.24) is 14.8 Å². The number of fused-ring (bicyclic) bond motifs is 2. The monoisotopic (exact) mass is 462 g/mol. The molecule has 1 saturated carbocycles. The molecule has 0 aromatic carbocycles. The van der Waals surface area contributed by atoms with Crippen molar-refractivity contribution in [3.05, 3.63) is 16.8 Å². The lowest BCUT2D eigenvalue weighted by atomic mass is 9.68. The first-order valence-electron chi connectivity index (χ1n) is 11.5. The lowest BCUT2D eigenvalue weighted by molar-refractivity contribution is 0.000955. The number of piperazine rings is 1. The molecule has 0 unspecified atom stereocenters. The number of hydrogen-bond donors (Lipinski definition) is 0. The van der Waals surface area contributed by atoms with E-state index in [1.165, 1.54) is 19.3 Å². The number of hydrogen-bond acceptors (Lipinski definition) is 6. The summed E-state index contributed by atoms with van der Waals surface area (Å²) in [5, 5.41) is 0.330. The lowest BCUT2D eigenvalue weighted by Crippen LogP contribution is -2.58. The van der Waals surface area contributed by atoms with Gasteiger partial charge in [-0.15, -0.1) is 0 Å². The number of carbonyl (C=O) groups is 2. The van der Waals surface area contributed by atoms with Crippen LogP contribution >= 0.6 is 11.6 Å². The minimum Gasteiger partial charge on any atom is -0.490 e. The molecule has 2 saturated heterocycles. The van der Waals surface area contributed by atoms with Gasteiger partial charge in [-0.25, -0.2) is 9.78 Å². The van der Waals surface area contributed by atoms with Crippen LogP contribution in [0.4, 0.5) is 10.6 Å². The maximum atomic E-state index is 13.7. The van der Waals surface area contributed by atoms with Gasteiger partial charge in [0.05, 0.1) is 6.04 Å². The Morgan fingerprint density at radius 2 is 2.03 bits per heavy atom. The zero-order valence-corrected chi connectivity index (χ0v) is 19.8. The van der Waals surface area contributed by atoms with Crippen molar-refractivity contribution < 1.29 is 19.1 Å². The molecular weight excluding hydrogens is 432 g/mol. The van der Waals surface area contributed by atoms with Crippen molar-refractivity contribution in [3.8, 4) is 5.75 Å². The van der Waals surface area contributed by atoms with Crippen LogP contribution in [0, 0.1) is 5.41 Å². The molecule has 1 atom stereocenters. The number of amides is 2. The predicted octanol–water partition coefficient (Wildman–Crippen LogP) is 3.57. The van der Waals surface area contributed by atoms with Crippen molar-refractivity contribution >= 4 is 29.4 Å². The summed E-state index contributed by atoms with van der Waals surface area (Å²) < 4.78 is 11.6. The van der Waals surface area contributed by atoms with Gasteiger partial charge in [-0.3, -0.25) is 4.79 Å². The van der Waals surface area contributed by atoms with Crippen LogP contribution < -0.4 is 9.64 Å². The third-order valence-electron chi connectivity index (χ3n) is 7.13. The van der Waals surface area contributed by atoms with Crippen molar-refractivity contribution in [2.75, 3.05) is 44.2 Å². The van der Waals surface area contributed by atoms with E-state index in [0.717, 1.165) is 19.5 Å². The van der Waals surface area contributed by atoms with Crippen LogP contribution in [0.3, 0.4) is 0 Å². The Balaban J connectivity index is 1.39. The number of anilines is 1. The minimum absolute atomic E-state index is 0.0972. The van der Waals surface area contributed by atoms with Crippen molar-refractivity contribution in [2.45, 2.75) is 58.1 Å². The summed E-state index contributed by atoms with van der Waals surface area (Å²) in [6.07, 6.45) is 4.53. The summed E-state index contributed by atoms with van der Waals surface area (Å²) in [4.78, 5) is 36.6. The second-order valence-corrected chi connectivity index (χ2v) is 10.9. The summed E-state index contributed by atoms with van der Waals surface area (Å²) in [5.41, 5.74) is 0.303. The first kappa shape index (κ1) is 21.6. The predicted molar refractivity (Wildman–Crippen MR) is 120 cm³/mol. The van der Waals surface area contributed by atoms with Gasteiger partial charge in [0.25, 0.3) is 5.91 Å².